The summed E-state index contributed by atoms with van der Waals surface area (Å²) in [6, 6.07) is 3.86. The highest BCUT2D eigenvalue weighted by Gasteiger charge is 2.17. The lowest BCUT2D eigenvalue weighted by Crippen LogP contribution is -2.34. The summed E-state index contributed by atoms with van der Waals surface area (Å²) in [6.45, 7) is 0. The molecule has 5 heteroatoms. The van der Waals surface area contributed by atoms with Crippen molar-refractivity contribution in [2.24, 2.45) is 4.99 Å². The van der Waals surface area contributed by atoms with Gasteiger partial charge in [0.1, 0.15) is 0 Å². The van der Waals surface area contributed by atoms with Crippen LogP contribution in [0.15, 0.2) is 22.5 Å². The molecule has 2 rings (SSSR count). The number of thiophene rings is 1. The molecule has 0 aliphatic carbocycles. The fourth-order valence-electron chi connectivity index (χ4n) is 1.09. The van der Waals surface area contributed by atoms with Crippen LogP contribution in [-0.2, 0) is 4.79 Å². The van der Waals surface area contributed by atoms with Crippen LogP contribution in [0.5, 0.6) is 0 Å². The minimum atomic E-state index is -0.0802. The highest BCUT2D eigenvalue weighted by molar-refractivity contribution is 7.80. The van der Waals surface area contributed by atoms with E-state index in [1.54, 1.807) is 11.3 Å². The number of aliphatic imine (C=N–C) groups is 1. The molecule has 1 aliphatic rings. The van der Waals surface area contributed by atoms with Gasteiger partial charge in [-0.1, -0.05) is 6.07 Å². The van der Waals surface area contributed by atoms with Gasteiger partial charge in [0.05, 0.1) is 12.1 Å². The molecule has 1 N–H and O–H groups in total. The summed E-state index contributed by atoms with van der Waals surface area (Å²) in [4.78, 5) is 16.2. The lowest BCUT2D eigenvalue weighted by atomic mass is 10.2. The van der Waals surface area contributed by atoms with Crippen molar-refractivity contribution < 1.29 is 4.79 Å². The lowest BCUT2D eigenvalue weighted by Gasteiger charge is -2.11. The van der Waals surface area contributed by atoms with Gasteiger partial charge in [0.25, 0.3) is 0 Å². The van der Waals surface area contributed by atoms with Crippen molar-refractivity contribution in [3.05, 3.63) is 22.4 Å². The van der Waals surface area contributed by atoms with Crippen molar-refractivity contribution in [1.29, 1.82) is 0 Å². The maximum absolute atomic E-state index is 11.1. The summed E-state index contributed by atoms with van der Waals surface area (Å²) in [5.41, 5.74) is 0.767. The van der Waals surface area contributed by atoms with E-state index in [0.29, 0.717) is 6.42 Å². The fourth-order valence-corrected chi connectivity index (χ4v) is 2.03. The molecule has 0 aromatic carbocycles. The summed E-state index contributed by atoms with van der Waals surface area (Å²) in [5, 5.41) is 4.70. The van der Waals surface area contributed by atoms with Crippen LogP contribution in [0.3, 0.4) is 0 Å². The van der Waals surface area contributed by atoms with Crippen LogP contribution in [-0.4, -0.2) is 16.7 Å². The zero-order valence-corrected chi connectivity index (χ0v) is 8.24. The maximum Gasteiger partial charge on any atom is 0.232 e. The Labute approximate surface area is 84.5 Å². The van der Waals surface area contributed by atoms with E-state index in [9.17, 15) is 4.79 Å². The first-order valence-electron chi connectivity index (χ1n) is 3.71. The van der Waals surface area contributed by atoms with Gasteiger partial charge >= 0.3 is 0 Å². The van der Waals surface area contributed by atoms with Gasteiger partial charge in [-0.05, 0) is 23.7 Å². The molecule has 0 spiro atoms. The van der Waals surface area contributed by atoms with Gasteiger partial charge in [-0.25, -0.2) is 4.99 Å². The summed E-state index contributed by atoms with van der Waals surface area (Å²) < 4.78 is 0. The molecule has 0 atom stereocenters. The molecule has 0 fully saturated rings. The minimum Gasteiger partial charge on any atom is -0.301 e. The maximum atomic E-state index is 11.1. The van der Waals surface area contributed by atoms with Crippen molar-refractivity contribution >= 4 is 40.3 Å². The van der Waals surface area contributed by atoms with Gasteiger partial charge < -0.3 is 5.32 Å². The average molecular weight is 210 g/mol. The van der Waals surface area contributed by atoms with Gasteiger partial charge in [-0.15, -0.1) is 11.3 Å². The molecule has 0 saturated heterocycles. The smallest absolute Gasteiger partial charge is 0.232 e. The number of carbonyl (C=O) groups is 1. The molecule has 2 heterocycles. The molecule has 1 aliphatic heterocycles. The van der Waals surface area contributed by atoms with Crippen LogP contribution in [0, 0.1) is 0 Å². The molecular formula is C8H6N2OS2. The Morgan fingerprint density at radius 3 is 3.08 bits per heavy atom. The second-order valence-electron chi connectivity index (χ2n) is 2.57. The first-order chi connectivity index (χ1) is 6.25. The average Bonchev–Trinajstić information content (AvgIpc) is 2.53. The van der Waals surface area contributed by atoms with Crippen molar-refractivity contribution in [3.8, 4) is 0 Å². The number of nitrogens with one attached hydrogen (secondary N) is 1. The second kappa shape index (κ2) is 3.35. The normalized spacial score (nSPS) is 16.8. The number of carbonyl (C=O) groups excluding carboxylic acids is 1. The Kier molecular flexibility index (Phi) is 2.20. The van der Waals surface area contributed by atoms with Crippen molar-refractivity contribution in [2.75, 3.05) is 0 Å². The third kappa shape index (κ3) is 1.81. The molecule has 0 bridgehead atoms. The van der Waals surface area contributed by atoms with E-state index in [1.165, 1.54) is 0 Å². The molecule has 1 aromatic heterocycles. The van der Waals surface area contributed by atoms with E-state index in [0.717, 1.165) is 10.6 Å². The molecular weight excluding hydrogens is 204 g/mol. The van der Waals surface area contributed by atoms with Crippen molar-refractivity contribution in [3.63, 3.8) is 0 Å². The van der Waals surface area contributed by atoms with Gasteiger partial charge in [0.2, 0.25) is 5.91 Å². The van der Waals surface area contributed by atoms with Crippen LogP contribution in [0.2, 0.25) is 0 Å². The highest BCUT2D eigenvalue weighted by Crippen LogP contribution is 2.14. The Morgan fingerprint density at radius 2 is 2.46 bits per heavy atom. The van der Waals surface area contributed by atoms with E-state index in [1.807, 2.05) is 17.5 Å². The summed E-state index contributed by atoms with van der Waals surface area (Å²) in [6.07, 6.45) is 0.320. The first-order valence-corrected chi connectivity index (χ1v) is 5.00. The van der Waals surface area contributed by atoms with E-state index >= 15 is 0 Å². The number of amides is 1. The second-order valence-corrected chi connectivity index (χ2v) is 3.90. The van der Waals surface area contributed by atoms with Crippen LogP contribution in [0.25, 0.3) is 0 Å². The quantitative estimate of drug-likeness (QED) is 0.711. The molecule has 1 amide bonds. The zero-order valence-electron chi connectivity index (χ0n) is 6.61. The Balaban J connectivity index is 2.34. The SMILES string of the molecule is O=C1CC(c2cccs2)=NC(=S)N1. The molecule has 1 aromatic rings. The third-order valence-corrected chi connectivity index (χ3v) is 2.73. The predicted octanol–water partition coefficient (Wildman–Crippen LogP) is 1.34. The summed E-state index contributed by atoms with van der Waals surface area (Å²) in [5.74, 6) is -0.0802. The van der Waals surface area contributed by atoms with Crippen LogP contribution in [0.1, 0.15) is 11.3 Å². The van der Waals surface area contributed by atoms with Crippen LogP contribution >= 0.6 is 23.6 Å². The molecule has 3 nitrogen and oxygen atoms in total. The standard InChI is InChI=1S/C8H6N2OS2/c11-7-4-5(9-8(12)10-7)6-2-1-3-13-6/h1-3H,4H2,(H,10,11,12). The van der Waals surface area contributed by atoms with E-state index in [-0.39, 0.29) is 11.0 Å². The number of thiocarbonyl (C=S) groups is 1. The number of hydrogen-bond donors (Lipinski definition) is 1. The van der Waals surface area contributed by atoms with Gasteiger partial charge in [0.15, 0.2) is 5.11 Å². The molecule has 66 valence electrons. The molecule has 0 radical (unpaired) electrons. The molecule has 0 saturated carbocycles. The monoisotopic (exact) mass is 210 g/mol. The van der Waals surface area contributed by atoms with E-state index in [2.05, 4.69) is 10.3 Å². The van der Waals surface area contributed by atoms with Gasteiger partial charge in [0, 0.05) is 4.88 Å². The lowest BCUT2D eigenvalue weighted by molar-refractivity contribution is -0.118. The Morgan fingerprint density at radius 1 is 1.62 bits per heavy atom. The van der Waals surface area contributed by atoms with Gasteiger partial charge in [-0.3, -0.25) is 4.79 Å². The van der Waals surface area contributed by atoms with Crippen molar-refractivity contribution in [2.45, 2.75) is 6.42 Å². The van der Waals surface area contributed by atoms with E-state index < -0.39 is 0 Å². The van der Waals surface area contributed by atoms with Crippen LogP contribution < -0.4 is 5.32 Å². The fraction of sp³-hybridized carbons (Fsp3) is 0.125. The minimum absolute atomic E-state index is 0.0802. The topological polar surface area (TPSA) is 41.5 Å². The summed E-state index contributed by atoms with van der Waals surface area (Å²) >= 11 is 6.38. The van der Waals surface area contributed by atoms with Gasteiger partial charge in [-0.2, -0.15) is 0 Å². The molecule has 13 heavy (non-hydrogen) atoms. The molecule has 0 unspecified atom stereocenters. The number of rotatable bonds is 1. The third-order valence-electron chi connectivity index (χ3n) is 1.62. The largest absolute Gasteiger partial charge is 0.301 e. The predicted molar refractivity (Wildman–Crippen MR) is 56.2 cm³/mol. The van der Waals surface area contributed by atoms with Crippen molar-refractivity contribution in [1.82, 2.24) is 5.32 Å². The Hall–Kier alpha value is -1.07. The Bertz CT molecular complexity index is 381. The number of nitrogens with zero attached hydrogens (tertiary/aromatic N) is 1. The highest BCUT2D eigenvalue weighted by atomic mass is 32.1. The first kappa shape index (κ1) is 8.52. The number of hydrogen-bond acceptors (Lipinski definition) is 3. The van der Waals surface area contributed by atoms with E-state index in [4.69, 9.17) is 12.2 Å². The summed E-state index contributed by atoms with van der Waals surface area (Å²) in [7, 11) is 0. The zero-order chi connectivity index (χ0) is 9.26. The van der Waals surface area contributed by atoms with Crippen LogP contribution in [0.4, 0.5) is 0 Å².